The van der Waals surface area contributed by atoms with Crippen LogP contribution >= 0.6 is 11.6 Å². The van der Waals surface area contributed by atoms with Crippen molar-refractivity contribution in [3.8, 4) is 11.3 Å². The Morgan fingerprint density at radius 1 is 0.857 bits per heavy atom. The molecule has 2 aromatic carbocycles. The van der Waals surface area contributed by atoms with Gasteiger partial charge in [-0.1, -0.05) is 11.6 Å². The molecule has 0 aliphatic heterocycles. The van der Waals surface area contributed by atoms with Crippen LogP contribution in [0.4, 0.5) is 0 Å². The molecule has 3 aromatic rings. The van der Waals surface area contributed by atoms with Crippen LogP contribution < -0.4 is 0 Å². The summed E-state index contributed by atoms with van der Waals surface area (Å²) in [5, 5.41) is 0.614. The molecule has 3 rings (SSSR count). The van der Waals surface area contributed by atoms with Crippen LogP contribution in [-0.4, -0.2) is 34.4 Å². The van der Waals surface area contributed by atoms with Crippen LogP contribution in [0.25, 0.3) is 11.3 Å². The van der Waals surface area contributed by atoms with Crippen molar-refractivity contribution in [2.24, 2.45) is 0 Å². The molecule has 1 aromatic heterocycles. The molecular weight excluding hydrogens is 422 g/mol. The summed E-state index contributed by atoms with van der Waals surface area (Å²) in [7, 11) is -5.76. The first-order valence-electron chi connectivity index (χ1n) is 8.18. The highest BCUT2D eigenvalue weighted by atomic mass is 35.5. The van der Waals surface area contributed by atoms with E-state index in [2.05, 4.69) is 0 Å². The van der Waals surface area contributed by atoms with Crippen LogP contribution in [0, 0.1) is 0 Å². The third-order valence-corrected chi connectivity index (χ3v) is 7.33. The minimum absolute atomic E-state index is 0.00637. The van der Waals surface area contributed by atoms with Gasteiger partial charge >= 0.3 is 0 Å². The van der Waals surface area contributed by atoms with Gasteiger partial charge in [-0.05, 0) is 60.7 Å². The number of sulfonamides is 1. The Kier molecular flexibility index (Phi) is 5.67. The number of hydrogen-bond donors (Lipinski definition) is 0. The van der Waals surface area contributed by atoms with Gasteiger partial charge in [0.1, 0.15) is 11.5 Å². The lowest BCUT2D eigenvalue weighted by Crippen LogP contribution is -2.26. The Labute approximate surface area is 169 Å². The largest absolute Gasteiger partial charge is 0.460 e. The zero-order valence-corrected chi connectivity index (χ0v) is 17.6. The first-order chi connectivity index (χ1) is 13.1. The number of halogens is 1. The van der Waals surface area contributed by atoms with Crippen molar-refractivity contribution in [1.82, 2.24) is 4.31 Å². The van der Waals surface area contributed by atoms with Crippen LogP contribution in [0.1, 0.15) is 5.76 Å². The van der Waals surface area contributed by atoms with Crippen LogP contribution in [0.15, 0.2) is 74.9 Å². The molecule has 9 heteroatoms. The molecule has 6 nitrogen and oxygen atoms in total. The lowest BCUT2D eigenvalue weighted by atomic mass is 10.2. The van der Waals surface area contributed by atoms with E-state index in [9.17, 15) is 16.8 Å². The second-order valence-electron chi connectivity index (χ2n) is 6.28. The van der Waals surface area contributed by atoms with E-state index in [1.807, 2.05) is 12.1 Å². The first-order valence-corrected chi connectivity index (χ1v) is 11.9. The molecule has 0 aliphatic carbocycles. The van der Waals surface area contributed by atoms with E-state index in [0.29, 0.717) is 16.5 Å². The molecule has 0 fully saturated rings. The molecular formula is C19H18ClNO5S2. The van der Waals surface area contributed by atoms with Crippen LogP contribution in [0.3, 0.4) is 0 Å². The number of rotatable bonds is 6. The molecule has 148 valence electrons. The minimum Gasteiger partial charge on any atom is -0.460 e. The summed E-state index contributed by atoms with van der Waals surface area (Å²) in [6.45, 7) is 0.0315. The van der Waals surface area contributed by atoms with E-state index in [1.54, 1.807) is 24.3 Å². The number of nitrogens with zero attached hydrogens (tertiary/aromatic N) is 1. The van der Waals surface area contributed by atoms with Crippen LogP contribution in [0.2, 0.25) is 5.02 Å². The van der Waals surface area contributed by atoms with Gasteiger partial charge in [-0.15, -0.1) is 0 Å². The molecule has 0 atom stereocenters. The van der Waals surface area contributed by atoms with Crippen molar-refractivity contribution >= 4 is 31.5 Å². The third kappa shape index (κ3) is 4.47. The Morgan fingerprint density at radius 3 is 2.00 bits per heavy atom. The van der Waals surface area contributed by atoms with E-state index < -0.39 is 19.9 Å². The molecule has 0 amide bonds. The number of hydrogen-bond acceptors (Lipinski definition) is 5. The maximum atomic E-state index is 12.7. The van der Waals surface area contributed by atoms with Gasteiger partial charge in [0, 0.05) is 23.9 Å². The average molecular weight is 440 g/mol. The molecule has 0 radical (unpaired) electrons. The van der Waals surface area contributed by atoms with Crippen LogP contribution in [0.5, 0.6) is 0 Å². The summed E-state index contributed by atoms with van der Waals surface area (Å²) in [6, 6.07) is 15.7. The van der Waals surface area contributed by atoms with Gasteiger partial charge in [-0.2, -0.15) is 4.31 Å². The Bertz CT molecular complexity index is 1180. The molecule has 0 saturated heterocycles. The van der Waals surface area contributed by atoms with Crippen molar-refractivity contribution in [2.45, 2.75) is 16.3 Å². The van der Waals surface area contributed by atoms with Crippen molar-refractivity contribution in [2.75, 3.05) is 13.3 Å². The summed E-state index contributed by atoms with van der Waals surface area (Å²) in [5.74, 6) is 1.08. The third-order valence-electron chi connectivity index (χ3n) is 4.13. The normalized spacial score (nSPS) is 12.4. The SMILES string of the molecule is CN(Cc1ccc(-c2ccc(Cl)cc2)o1)S(=O)(=O)c1ccc(S(C)(=O)=O)cc1. The van der Waals surface area contributed by atoms with Crippen molar-refractivity contribution in [3.63, 3.8) is 0 Å². The summed E-state index contributed by atoms with van der Waals surface area (Å²) in [6.07, 6.45) is 1.07. The van der Waals surface area contributed by atoms with Gasteiger partial charge in [-0.3, -0.25) is 0 Å². The van der Waals surface area contributed by atoms with Crippen molar-refractivity contribution in [1.29, 1.82) is 0 Å². The Morgan fingerprint density at radius 2 is 1.43 bits per heavy atom. The van der Waals surface area contributed by atoms with Gasteiger partial charge in [0.15, 0.2) is 9.84 Å². The molecule has 28 heavy (non-hydrogen) atoms. The molecule has 0 spiro atoms. The van der Waals surface area contributed by atoms with E-state index >= 15 is 0 Å². The summed E-state index contributed by atoms with van der Waals surface area (Å²) >= 11 is 5.88. The molecule has 0 saturated carbocycles. The summed E-state index contributed by atoms with van der Waals surface area (Å²) in [4.78, 5) is 0.0691. The minimum atomic E-state index is -3.80. The molecule has 1 heterocycles. The fourth-order valence-electron chi connectivity index (χ4n) is 2.58. The van der Waals surface area contributed by atoms with Crippen molar-refractivity contribution < 1.29 is 21.3 Å². The predicted octanol–water partition coefficient (Wildman–Crippen LogP) is 3.82. The van der Waals surface area contributed by atoms with Gasteiger partial charge in [-0.25, -0.2) is 16.8 Å². The van der Waals surface area contributed by atoms with E-state index in [-0.39, 0.29) is 16.3 Å². The van der Waals surface area contributed by atoms with Crippen LogP contribution in [-0.2, 0) is 26.4 Å². The van der Waals surface area contributed by atoms with Gasteiger partial charge in [0.25, 0.3) is 0 Å². The maximum absolute atomic E-state index is 12.7. The van der Waals surface area contributed by atoms with E-state index in [4.69, 9.17) is 16.0 Å². The highest BCUT2D eigenvalue weighted by Crippen LogP contribution is 2.25. The topological polar surface area (TPSA) is 84.7 Å². The van der Waals surface area contributed by atoms with Gasteiger partial charge in [0.05, 0.1) is 16.3 Å². The molecule has 0 N–H and O–H groups in total. The van der Waals surface area contributed by atoms with Gasteiger partial charge < -0.3 is 4.42 Å². The second-order valence-corrected chi connectivity index (χ2v) is 10.8. The fraction of sp³-hybridized carbons (Fsp3) is 0.158. The Hall–Kier alpha value is -2.13. The smallest absolute Gasteiger partial charge is 0.243 e. The molecule has 0 aliphatic rings. The second kappa shape index (κ2) is 7.71. The zero-order chi connectivity index (χ0) is 20.5. The maximum Gasteiger partial charge on any atom is 0.243 e. The van der Waals surface area contributed by atoms with E-state index in [0.717, 1.165) is 16.1 Å². The zero-order valence-electron chi connectivity index (χ0n) is 15.2. The lowest BCUT2D eigenvalue weighted by Gasteiger charge is -2.16. The van der Waals surface area contributed by atoms with Crippen molar-refractivity contribution in [3.05, 3.63) is 71.4 Å². The highest BCUT2D eigenvalue weighted by Gasteiger charge is 2.22. The lowest BCUT2D eigenvalue weighted by molar-refractivity contribution is 0.410. The number of furan rings is 1. The Balaban J connectivity index is 1.78. The molecule has 0 unspecified atom stereocenters. The summed E-state index contributed by atoms with van der Waals surface area (Å²) in [5.41, 5.74) is 0.831. The molecule has 0 bridgehead atoms. The summed E-state index contributed by atoms with van der Waals surface area (Å²) < 4.78 is 55.4. The number of sulfone groups is 1. The standard InChI is InChI=1S/C19H18ClNO5S2/c1-21(28(24,25)18-10-8-17(9-11-18)27(2,22)23)13-16-7-12-19(26-16)14-3-5-15(20)6-4-14/h3-12H,13H2,1-2H3. The van der Waals surface area contributed by atoms with E-state index in [1.165, 1.54) is 31.3 Å². The monoisotopic (exact) mass is 439 g/mol. The predicted molar refractivity (Wildman–Crippen MR) is 107 cm³/mol. The number of benzene rings is 2. The fourth-order valence-corrected chi connectivity index (χ4v) is 4.47. The quantitative estimate of drug-likeness (QED) is 0.582. The average Bonchev–Trinajstić information content (AvgIpc) is 3.10. The van der Waals surface area contributed by atoms with Gasteiger partial charge in [0.2, 0.25) is 10.0 Å². The highest BCUT2D eigenvalue weighted by molar-refractivity contribution is 7.90. The first kappa shape index (κ1) is 20.6.